The van der Waals surface area contributed by atoms with Crippen LogP contribution < -0.4 is 53.6 Å². The van der Waals surface area contributed by atoms with Gasteiger partial charge < -0.3 is 68.7 Å². The van der Waals surface area contributed by atoms with Gasteiger partial charge in [0.05, 0.1) is 12.0 Å². The lowest BCUT2D eigenvalue weighted by atomic mass is 10.0. The molecule has 24 nitrogen and oxygen atoms in total. The topological polar surface area (TPSA) is 376 Å². The maximum atomic E-state index is 14.7. The summed E-state index contributed by atoms with van der Waals surface area (Å²) in [6.45, 7) is 6.92. The first-order valence-electron chi connectivity index (χ1n) is 25.8. The summed E-state index contributed by atoms with van der Waals surface area (Å²) in [6.07, 6.45) is 5.86. The highest BCUT2D eigenvalue weighted by atomic mass is 33.1. The molecule has 1 aliphatic heterocycles. The highest BCUT2D eigenvalue weighted by Crippen LogP contribution is 2.25. The van der Waals surface area contributed by atoms with Gasteiger partial charge in [-0.2, -0.15) is 0 Å². The predicted molar refractivity (Wildman–Crippen MR) is 296 cm³/mol. The molecule has 5 rings (SSSR count). The number of H-pyrrole nitrogens is 2. The van der Waals surface area contributed by atoms with Crippen LogP contribution >= 0.6 is 21.6 Å². The van der Waals surface area contributed by atoms with E-state index in [0.29, 0.717) is 29.7 Å². The number of rotatable bonds is 19. The molecule has 0 unspecified atom stereocenters. The van der Waals surface area contributed by atoms with Gasteiger partial charge >= 0.3 is 5.97 Å². The quantitative estimate of drug-likeness (QED) is 0.0267. The van der Waals surface area contributed by atoms with Crippen molar-refractivity contribution in [2.45, 2.75) is 134 Å². The Morgan fingerprint density at radius 1 is 0.756 bits per heavy atom. The van der Waals surface area contributed by atoms with Gasteiger partial charge in [-0.1, -0.05) is 104 Å². The minimum atomic E-state index is -1.55. The minimum Gasteiger partial charge on any atom is -0.480 e. The van der Waals surface area contributed by atoms with Gasteiger partial charge in [0.25, 0.3) is 0 Å². The van der Waals surface area contributed by atoms with E-state index in [0.717, 1.165) is 32.5 Å². The van der Waals surface area contributed by atoms with E-state index in [2.05, 4.69) is 62.8 Å². The second-order valence-corrected chi connectivity index (χ2v) is 21.9. The van der Waals surface area contributed by atoms with Crippen molar-refractivity contribution in [3.05, 3.63) is 90.1 Å². The summed E-state index contributed by atoms with van der Waals surface area (Å²) in [6, 6.07) is 5.15. The Kier molecular flexibility index (Phi) is 24.3. The number of carboxylic acid groups (broad SMARTS) is 1. The Hall–Kier alpha value is -7.61. The van der Waals surface area contributed by atoms with E-state index in [1.54, 1.807) is 42.6 Å². The summed E-state index contributed by atoms with van der Waals surface area (Å²) in [5.41, 5.74) is 7.85. The molecule has 0 aliphatic carbocycles. The molecule has 1 aliphatic rings. The minimum absolute atomic E-state index is 0.0631. The molecule has 4 aromatic rings. The van der Waals surface area contributed by atoms with Crippen LogP contribution in [-0.4, -0.2) is 146 Å². The number of amides is 8. The van der Waals surface area contributed by atoms with Crippen LogP contribution in [0.25, 0.3) is 10.9 Å². The number of aromatic amines is 2. The van der Waals surface area contributed by atoms with Crippen molar-refractivity contribution in [1.82, 2.24) is 62.8 Å². The Bertz CT molecular complexity index is 2690. The molecule has 2 aromatic carbocycles. The van der Waals surface area contributed by atoms with E-state index in [-0.39, 0.29) is 74.9 Å². The molecule has 1 fully saturated rings. The Morgan fingerprint density at radius 2 is 1.36 bits per heavy atom. The maximum absolute atomic E-state index is 14.7. The van der Waals surface area contributed by atoms with E-state index in [4.69, 9.17) is 11.1 Å². The monoisotopic (exact) mass is 1120 g/mol. The number of aromatic nitrogens is 3. The first-order valence-corrected chi connectivity index (χ1v) is 28.3. The zero-order valence-electron chi connectivity index (χ0n) is 44.1. The number of aliphatic carboxylic acids is 1. The first-order chi connectivity index (χ1) is 37.3. The number of benzene rings is 2. The number of para-hydroxylation sites is 1. The summed E-state index contributed by atoms with van der Waals surface area (Å²) < 4.78 is 0. The number of carbonyl (C=O) groups excluding carboxylic acids is 8. The van der Waals surface area contributed by atoms with Gasteiger partial charge in [0.1, 0.15) is 48.3 Å². The SMILES string of the molecule is CCCC[C@H](NC(C)=O)C(=O)N[C@H]1CSSC[C@@H](C(=O)O)NC(=O)[C@H](Cc2c[nH]c3ccccc23)NC(=O)[C@H](CCCNC(=N)N)NC(=O)[C@@H](Cc2ccccc2)NC(=O)[C@H](Cc2c[nH]cn2)NC(=O)[C@@H](CC(C)C)NC1=O. The maximum Gasteiger partial charge on any atom is 0.327 e. The van der Waals surface area contributed by atoms with Crippen LogP contribution in [-0.2, 0) is 62.4 Å². The molecule has 0 saturated carbocycles. The van der Waals surface area contributed by atoms with Gasteiger partial charge in [0, 0.05) is 67.5 Å². The van der Waals surface area contributed by atoms with Crippen molar-refractivity contribution < 1.29 is 48.3 Å². The fourth-order valence-corrected chi connectivity index (χ4v) is 10.8. The van der Waals surface area contributed by atoms with Gasteiger partial charge in [-0.3, -0.25) is 43.8 Å². The average molecular weight is 1120 g/mol. The van der Waals surface area contributed by atoms with Crippen LogP contribution in [0.3, 0.4) is 0 Å². The first kappa shape index (κ1) is 61.2. The number of fused-ring (bicyclic) bond motifs is 1. The fourth-order valence-electron chi connectivity index (χ4n) is 8.53. The lowest BCUT2D eigenvalue weighted by Crippen LogP contribution is -2.61. The molecule has 422 valence electrons. The number of hydrogen-bond donors (Lipinski definition) is 14. The van der Waals surface area contributed by atoms with Crippen LogP contribution in [0.5, 0.6) is 0 Å². The Morgan fingerprint density at radius 3 is 2.00 bits per heavy atom. The molecule has 8 atom stereocenters. The number of hydrogen-bond acceptors (Lipinski definition) is 13. The van der Waals surface area contributed by atoms with E-state index >= 15 is 0 Å². The predicted octanol–water partition coefficient (Wildman–Crippen LogP) is 0.796. The second-order valence-electron chi connectivity index (χ2n) is 19.4. The number of guanidine groups is 1. The molecular weight excluding hydrogens is 1040 g/mol. The largest absolute Gasteiger partial charge is 0.480 e. The van der Waals surface area contributed by atoms with Gasteiger partial charge in [0.2, 0.25) is 47.3 Å². The molecule has 78 heavy (non-hydrogen) atoms. The zero-order chi connectivity index (χ0) is 56.7. The van der Waals surface area contributed by atoms with Crippen LogP contribution in [0.4, 0.5) is 0 Å². The van der Waals surface area contributed by atoms with E-state index in [1.165, 1.54) is 19.4 Å². The van der Waals surface area contributed by atoms with Gasteiger partial charge in [0.15, 0.2) is 5.96 Å². The highest BCUT2D eigenvalue weighted by Gasteiger charge is 2.36. The number of nitrogens with zero attached hydrogens (tertiary/aromatic N) is 1. The summed E-state index contributed by atoms with van der Waals surface area (Å²) >= 11 is 0. The molecule has 0 spiro atoms. The van der Waals surface area contributed by atoms with Gasteiger partial charge in [-0.05, 0) is 48.8 Å². The van der Waals surface area contributed by atoms with E-state index in [1.807, 2.05) is 39.0 Å². The lowest BCUT2D eigenvalue weighted by molar-refractivity contribution is -0.141. The van der Waals surface area contributed by atoms with E-state index < -0.39 is 102 Å². The zero-order valence-corrected chi connectivity index (χ0v) is 45.7. The van der Waals surface area contributed by atoms with Crippen LogP contribution in [0.1, 0.15) is 83.0 Å². The molecule has 0 radical (unpaired) electrons. The Labute approximate surface area is 460 Å². The van der Waals surface area contributed by atoms with Gasteiger partial charge in [-0.15, -0.1) is 0 Å². The third-order valence-electron chi connectivity index (χ3n) is 12.5. The van der Waals surface area contributed by atoms with E-state index in [9.17, 15) is 48.3 Å². The van der Waals surface area contributed by atoms with Crippen molar-refractivity contribution in [2.75, 3.05) is 18.1 Å². The third kappa shape index (κ3) is 19.8. The van der Waals surface area contributed by atoms with Crippen molar-refractivity contribution in [1.29, 1.82) is 5.41 Å². The number of carbonyl (C=O) groups is 9. The normalized spacial score (nSPS) is 21.9. The molecule has 26 heteroatoms. The standard InChI is InChI=1S/C52H72N14O10S2/c1-5-6-16-36(59-30(4)67)44(68)65-42-26-77-78-27-43(51(75)76)66-48(72)40(22-32-24-57-35-17-11-10-15-34(32)35)63-45(69)37(18-12-19-56-52(53)54)60-47(71)39(21-31-13-8-7-9-14-31)62-49(73)41(23-33-25-55-28-58-33)64-46(70)38(20-29(2)3)61-50(42)74/h7-11,13-15,17,24-25,28-29,36-43,57H,5-6,12,16,18-23,26-27H2,1-4H3,(H,55,58)(H,59,67)(H,60,71)(H,61,74)(H,62,73)(H,63,69)(H,64,70)(H,65,68)(H,66,72)(H,75,76)(H4,53,54,56)/t36-,37-,38+,39+,40-,41-,42-,43-/m0/s1. The van der Waals surface area contributed by atoms with Gasteiger partial charge in [-0.25, -0.2) is 9.78 Å². The van der Waals surface area contributed by atoms with Crippen LogP contribution in [0, 0.1) is 11.3 Å². The molecule has 1 saturated heterocycles. The number of imidazole rings is 1. The van der Waals surface area contributed by atoms with Crippen LogP contribution in [0.15, 0.2) is 73.3 Å². The van der Waals surface area contributed by atoms with Crippen LogP contribution in [0.2, 0.25) is 0 Å². The molecule has 0 bridgehead atoms. The van der Waals surface area contributed by atoms with Crippen molar-refractivity contribution >= 4 is 91.7 Å². The molecule has 8 amide bonds. The number of carboxylic acids is 1. The third-order valence-corrected chi connectivity index (χ3v) is 15.0. The number of unbranched alkanes of at least 4 members (excludes halogenated alkanes) is 1. The van der Waals surface area contributed by atoms with Crippen molar-refractivity contribution in [3.63, 3.8) is 0 Å². The lowest BCUT2D eigenvalue weighted by Gasteiger charge is -2.28. The summed E-state index contributed by atoms with van der Waals surface area (Å²) in [4.78, 5) is 137. The summed E-state index contributed by atoms with van der Waals surface area (Å²) in [5.74, 6) is -8.47. The smallest absolute Gasteiger partial charge is 0.327 e. The average Bonchev–Trinajstić information content (AvgIpc) is 4.07. The molecule has 15 N–H and O–H groups in total. The molecule has 2 aromatic heterocycles. The molecule has 3 heterocycles. The molecular formula is C52H72N14O10S2. The summed E-state index contributed by atoms with van der Waals surface area (Å²) in [7, 11) is 1.97. The van der Waals surface area contributed by atoms with Crippen molar-refractivity contribution in [3.8, 4) is 0 Å². The fraction of sp³-hybridized carbons (Fsp3) is 0.481. The highest BCUT2D eigenvalue weighted by molar-refractivity contribution is 8.76. The second kappa shape index (κ2) is 31.0. The number of nitrogens with two attached hydrogens (primary N) is 1. The Balaban J connectivity index is 1.59. The van der Waals surface area contributed by atoms with Crippen molar-refractivity contribution in [2.24, 2.45) is 11.7 Å². The summed E-state index contributed by atoms with van der Waals surface area (Å²) in [5, 5.41) is 43.2. The number of nitrogens with one attached hydrogen (secondary N) is 12.